The highest BCUT2D eigenvalue weighted by Gasteiger charge is 2.37. The number of nitrogens with one attached hydrogen (secondary N) is 1. The zero-order valence-electron chi connectivity index (χ0n) is 11.4. The average molecular weight is 354 g/mol. The molecule has 8 heteroatoms. The molecule has 1 aromatic rings. The van der Waals surface area contributed by atoms with Crippen molar-refractivity contribution in [2.24, 2.45) is 11.7 Å². The van der Waals surface area contributed by atoms with Crippen molar-refractivity contribution in [1.29, 1.82) is 0 Å². The van der Waals surface area contributed by atoms with Gasteiger partial charge in [0.05, 0.1) is 5.56 Å². The summed E-state index contributed by atoms with van der Waals surface area (Å²) in [4.78, 5) is 23.1. The largest absolute Gasteiger partial charge is 0.465 e. The quantitative estimate of drug-likeness (QED) is 0.630. The number of benzene rings is 1. The Kier molecular flexibility index (Phi) is 6.13. The number of alkyl halides is 3. The summed E-state index contributed by atoms with van der Waals surface area (Å²) in [6.07, 6.45) is -1.27. The van der Waals surface area contributed by atoms with Crippen LogP contribution in [-0.2, 0) is 4.79 Å². The maximum atomic E-state index is 11.8. The highest BCUT2D eigenvalue weighted by Crippen LogP contribution is 2.33. The van der Waals surface area contributed by atoms with Gasteiger partial charge in [0.2, 0.25) is 15.9 Å². The van der Waals surface area contributed by atoms with Crippen LogP contribution in [0.4, 0.5) is 0 Å². The second-order valence-corrected chi connectivity index (χ2v) is 6.93. The first-order valence-electron chi connectivity index (χ1n) is 6.05. The molecule has 5 nitrogen and oxygen atoms in total. The van der Waals surface area contributed by atoms with Gasteiger partial charge in [0.25, 0.3) is 5.91 Å². The molecule has 0 heterocycles. The Morgan fingerprint density at radius 2 is 1.81 bits per heavy atom. The van der Waals surface area contributed by atoms with Crippen LogP contribution in [0.1, 0.15) is 24.2 Å². The van der Waals surface area contributed by atoms with Gasteiger partial charge in [-0.05, 0) is 12.1 Å². The summed E-state index contributed by atoms with van der Waals surface area (Å²) in [5.74, 6) is -1.26. The number of para-hydroxylation sites is 1. The summed E-state index contributed by atoms with van der Waals surface area (Å²) in [5.41, 5.74) is 5.36. The standard InChI is InChI=1S/C13H15Cl3N2O3/c1-7(2)11(20)18-12(13(14,15)16)21-9-6-4-3-5-8(9)10(17)19/h3-7,12H,1-2H3,(H2,17,19)(H,18,20). The van der Waals surface area contributed by atoms with Gasteiger partial charge in [-0.2, -0.15) is 0 Å². The SMILES string of the molecule is CC(C)C(=O)NC(Oc1ccccc1C(N)=O)C(Cl)(Cl)Cl. The molecule has 2 amide bonds. The number of rotatable bonds is 5. The molecule has 0 radical (unpaired) electrons. The average Bonchev–Trinajstić information content (AvgIpc) is 2.36. The van der Waals surface area contributed by atoms with Crippen molar-refractivity contribution in [1.82, 2.24) is 5.32 Å². The van der Waals surface area contributed by atoms with Crippen LogP contribution in [-0.4, -0.2) is 21.8 Å². The predicted octanol–water partition coefficient (Wildman–Crippen LogP) is 2.63. The van der Waals surface area contributed by atoms with E-state index in [0.717, 1.165) is 0 Å². The second kappa shape index (κ2) is 7.20. The summed E-state index contributed by atoms with van der Waals surface area (Å²) < 4.78 is 3.54. The Labute approximate surface area is 137 Å². The van der Waals surface area contributed by atoms with Gasteiger partial charge in [0, 0.05) is 5.92 Å². The third-order valence-electron chi connectivity index (χ3n) is 2.49. The van der Waals surface area contributed by atoms with E-state index >= 15 is 0 Å². The highest BCUT2D eigenvalue weighted by molar-refractivity contribution is 6.68. The predicted molar refractivity (Wildman–Crippen MR) is 82.6 cm³/mol. The lowest BCUT2D eigenvalue weighted by Crippen LogP contribution is -2.49. The summed E-state index contributed by atoms with van der Waals surface area (Å²) in [5, 5.41) is 2.46. The van der Waals surface area contributed by atoms with Crippen molar-refractivity contribution < 1.29 is 14.3 Å². The van der Waals surface area contributed by atoms with Crippen molar-refractivity contribution in [2.45, 2.75) is 23.9 Å². The molecule has 21 heavy (non-hydrogen) atoms. The van der Waals surface area contributed by atoms with Crippen LogP contribution < -0.4 is 15.8 Å². The number of nitrogens with two attached hydrogens (primary N) is 1. The van der Waals surface area contributed by atoms with Crippen molar-refractivity contribution >= 4 is 46.6 Å². The zero-order valence-corrected chi connectivity index (χ0v) is 13.7. The lowest BCUT2D eigenvalue weighted by atomic mass is 10.2. The van der Waals surface area contributed by atoms with E-state index in [2.05, 4.69) is 5.32 Å². The molecule has 0 bridgehead atoms. The fourth-order valence-corrected chi connectivity index (χ4v) is 1.67. The molecule has 0 aliphatic heterocycles. The Balaban J connectivity index is 3.03. The van der Waals surface area contributed by atoms with Crippen LogP contribution in [0.5, 0.6) is 5.75 Å². The number of carbonyl (C=O) groups excluding carboxylic acids is 2. The fourth-order valence-electron chi connectivity index (χ4n) is 1.37. The number of primary amides is 1. The van der Waals surface area contributed by atoms with Crippen LogP contribution >= 0.6 is 34.8 Å². The van der Waals surface area contributed by atoms with Crippen molar-refractivity contribution in [3.8, 4) is 5.75 Å². The Morgan fingerprint density at radius 1 is 1.24 bits per heavy atom. The van der Waals surface area contributed by atoms with Crippen LogP contribution in [0.3, 0.4) is 0 Å². The number of carbonyl (C=O) groups is 2. The highest BCUT2D eigenvalue weighted by atomic mass is 35.6. The molecule has 1 atom stereocenters. The van der Waals surface area contributed by atoms with Crippen LogP contribution in [0.15, 0.2) is 24.3 Å². The van der Waals surface area contributed by atoms with Gasteiger partial charge >= 0.3 is 0 Å². The van der Waals surface area contributed by atoms with Gasteiger partial charge in [-0.25, -0.2) is 0 Å². The van der Waals surface area contributed by atoms with Crippen molar-refractivity contribution in [3.63, 3.8) is 0 Å². The minimum atomic E-state index is -1.92. The number of hydrogen-bond donors (Lipinski definition) is 2. The molecule has 0 aliphatic rings. The summed E-state index contributed by atoms with van der Waals surface area (Å²) in [6.45, 7) is 3.37. The first-order valence-corrected chi connectivity index (χ1v) is 7.19. The maximum Gasteiger partial charge on any atom is 0.252 e. The van der Waals surface area contributed by atoms with Gasteiger partial charge in [-0.1, -0.05) is 60.8 Å². The molecule has 0 aliphatic carbocycles. The van der Waals surface area contributed by atoms with Gasteiger partial charge in [0.1, 0.15) is 5.75 Å². The first kappa shape index (κ1) is 17.9. The molecule has 0 aromatic heterocycles. The van der Waals surface area contributed by atoms with E-state index < -0.39 is 15.9 Å². The molecule has 1 unspecified atom stereocenters. The van der Waals surface area contributed by atoms with E-state index in [-0.39, 0.29) is 23.1 Å². The van der Waals surface area contributed by atoms with Gasteiger partial charge in [0.15, 0.2) is 0 Å². The first-order chi connectivity index (χ1) is 9.62. The van der Waals surface area contributed by atoms with Crippen LogP contribution in [0, 0.1) is 5.92 Å². The maximum absolute atomic E-state index is 11.8. The second-order valence-electron chi connectivity index (χ2n) is 4.56. The lowest BCUT2D eigenvalue weighted by Gasteiger charge is -2.27. The molecule has 3 N–H and O–H groups in total. The minimum absolute atomic E-state index is 0.116. The molecular formula is C13H15Cl3N2O3. The normalized spacial score (nSPS) is 12.9. The molecule has 116 valence electrons. The minimum Gasteiger partial charge on any atom is -0.465 e. The summed E-state index contributed by atoms with van der Waals surface area (Å²) in [6, 6.07) is 6.20. The molecule has 1 aromatic carbocycles. The third-order valence-corrected chi connectivity index (χ3v) is 3.09. The van der Waals surface area contributed by atoms with Gasteiger partial charge < -0.3 is 15.8 Å². The monoisotopic (exact) mass is 352 g/mol. The molecule has 0 saturated carbocycles. The van der Waals surface area contributed by atoms with Gasteiger partial charge in [-0.3, -0.25) is 9.59 Å². The van der Waals surface area contributed by atoms with E-state index in [9.17, 15) is 9.59 Å². The Morgan fingerprint density at radius 3 is 2.29 bits per heavy atom. The summed E-state index contributed by atoms with van der Waals surface area (Å²) >= 11 is 17.4. The van der Waals surface area contributed by atoms with Crippen LogP contribution in [0.2, 0.25) is 0 Å². The smallest absolute Gasteiger partial charge is 0.252 e. The lowest BCUT2D eigenvalue weighted by molar-refractivity contribution is -0.126. The zero-order chi connectivity index (χ0) is 16.2. The molecule has 0 spiro atoms. The molecule has 1 rings (SSSR count). The summed E-state index contributed by atoms with van der Waals surface area (Å²) in [7, 11) is 0. The van der Waals surface area contributed by atoms with Crippen molar-refractivity contribution in [2.75, 3.05) is 0 Å². The number of amides is 2. The number of halogens is 3. The van der Waals surface area contributed by atoms with Gasteiger partial charge in [-0.15, -0.1) is 0 Å². The number of hydrogen-bond acceptors (Lipinski definition) is 3. The van der Waals surface area contributed by atoms with Crippen LogP contribution in [0.25, 0.3) is 0 Å². The molecule has 0 saturated heterocycles. The van der Waals surface area contributed by atoms with Crippen molar-refractivity contribution in [3.05, 3.63) is 29.8 Å². The Hall–Kier alpha value is -1.17. The number of ether oxygens (including phenoxy) is 1. The molecule has 0 fully saturated rings. The third kappa shape index (κ3) is 5.26. The van der Waals surface area contributed by atoms with E-state index in [0.29, 0.717) is 0 Å². The van der Waals surface area contributed by atoms with E-state index in [1.807, 2.05) is 0 Å². The van der Waals surface area contributed by atoms with E-state index in [1.54, 1.807) is 26.0 Å². The Bertz CT molecular complexity index is 530. The van der Waals surface area contributed by atoms with E-state index in [4.69, 9.17) is 45.3 Å². The topological polar surface area (TPSA) is 81.4 Å². The van der Waals surface area contributed by atoms with E-state index in [1.165, 1.54) is 12.1 Å². The fraction of sp³-hybridized carbons (Fsp3) is 0.385. The molecular weight excluding hydrogens is 339 g/mol.